The molecule has 0 aliphatic carbocycles. The number of hydrogen-bond acceptors (Lipinski definition) is 3. The maximum Gasteiger partial charge on any atom is 0.119 e. The van der Waals surface area contributed by atoms with Crippen LogP contribution >= 0.6 is 0 Å². The number of para-hydroxylation sites is 2. The minimum absolute atomic E-state index is 0.0710. The highest BCUT2D eigenvalue weighted by molar-refractivity contribution is 5.74. The number of benzene rings is 2. The number of aromatic nitrogens is 2. The molecule has 0 spiro atoms. The molecule has 108 valence electrons. The molecule has 0 bridgehead atoms. The van der Waals surface area contributed by atoms with Gasteiger partial charge in [-0.1, -0.05) is 24.3 Å². The molecular weight excluding hydrogens is 262 g/mol. The van der Waals surface area contributed by atoms with E-state index in [0.29, 0.717) is 13.2 Å². The van der Waals surface area contributed by atoms with Gasteiger partial charge in [-0.05, 0) is 36.8 Å². The molecule has 0 saturated carbocycles. The van der Waals surface area contributed by atoms with Crippen LogP contribution in [-0.2, 0) is 6.54 Å². The molecule has 4 heteroatoms. The third-order valence-corrected chi connectivity index (χ3v) is 3.54. The van der Waals surface area contributed by atoms with E-state index in [4.69, 9.17) is 10.5 Å². The van der Waals surface area contributed by atoms with Crippen LogP contribution in [-0.4, -0.2) is 16.2 Å². The quantitative estimate of drug-likeness (QED) is 0.781. The van der Waals surface area contributed by atoms with Gasteiger partial charge in [-0.3, -0.25) is 0 Å². The van der Waals surface area contributed by atoms with Crippen LogP contribution in [0.3, 0.4) is 0 Å². The van der Waals surface area contributed by atoms with Crippen LogP contribution in [0.25, 0.3) is 11.0 Å². The van der Waals surface area contributed by atoms with Crippen molar-refractivity contribution >= 4 is 11.0 Å². The lowest BCUT2D eigenvalue weighted by atomic mass is 10.1. The average molecular weight is 281 g/mol. The molecule has 1 unspecified atom stereocenters. The van der Waals surface area contributed by atoms with Crippen molar-refractivity contribution in [2.75, 3.05) is 6.61 Å². The summed E-state index contributed by atoms with van der Waals surface area (Å²) in [5.41, 5.74) is 9.51. The molecule has 3 aromatic rings. The van der Waals surface area contributed by atoms with E-state index in [-0.39, 0.29) is 6.04 Å². The zero-order chi connectivity index (χ0) is 14.7. The monoisotopic (exact) mass is 281 g/mol. The molecule has 0 amide bonds. The van der Waals surface area contributed by atoms with E-state index in [1.54, 1.807) is 0 Å². The minimum Gasteiger partial charge on any atom is -0.494 e. The summed E-state index contributed by atoms with van der Waals surface area (Å²) < 4.78 is 7.54. The second-order valence-electron chi connectivity index (χ2n) is 4.99. The predicted molar refractivity (Wildman–Crippen MR) is 84.3 cm³/mol. The molecule has 0 radical (unpaired) electrons. The van der Waals surface area contributed by atoms with Crippen LogP contribution in [0.5, 0.6) is 5.75 Å². The van der Waals surface area contributed by atoms with E-state index < -0.39 is 0 Å². The van der Waals surface area contributed by atoms with Crippen LogP contribution in [0.1, 0.15) is 18.5 Å². The first-order chi connectivity index (χ1) is 10.3. The van der Waals surface area contributed by atoms with E-state index in [0.717, 1.165) is 22.3 Å². The minimum atomic E-state index is -0.0710. The van der Waals surface area contributed by atoms with Crippen molar-refractivity contribution in [2.45, 2.75) is 19.5 Å². The Labute approximate surface area is 124 Å². The van der Waals surface area contributed by atoms with Gasteiger partial charge < -0.3 is 15.0 Å². The zero-order valence-corrected chi connectivity index (χ0v) is 12.1. The summed E-state index contributed by atoms with van der Waals surface area (Å²) in [6.07, 6.45) is 1.85. The summed E-state index contributed by atoms with van der Waals surface area (Å²) in [5, 5.41) is 0. The van der Waals surface area contributed by atoms with Crippen LogP contribution in [0.15, 0.2) is 54.9 Å². The van der Waals surface area contributed by atoms with Gasteiger partial charge in [0.25, 0.3) is 0 Å². The van der Waals surface area contributed by atoms with Crippen molar-refractivity contribution in [3.63, 3.8) is 0 Å². The van der Waals surface area contributed by atoms with Crippen molar-refractivity contribution in [3.05, 3.63) is 60.4 Å². The third kappa shape index (κ3) is 2.90. The number of imidazole rings is 1. The maximum absolute atomic E-state index is 6.31. The summed E-state index contributed by atoms with van der Waals surface area (Å²) >= 11 is 0. The topological polar surface area (TPSA) is 53.1 Å². The molecule has 2 aromatic carbocycles. The highest BCUT2D eigenvalue weighted by Gasteiger charge is 2.09. The van der Waals surface area contributed by atoms with Crippen molar-refractivity contribution in [2.24, 2.45) is 5.73 Å². The second kappa shape index (κ2) is 5.97. The molecule has 1 heterocycles. The van der Waals surface area contributed by atoms with Crippen LogP contribution < -0.4 is 10.5 Å². The molecule has 0 aliphatic heterocycles. The average Bonchev–Trinajstić information content (AvgIpc) is 2.92. The summed E-state index contributed by atoms with van der Waals surface area (Å²) in [6.45, 7) is 3.35. The van der Waals surface area contributed by atoms with E-state index in [2.05, 4.69) is 15.6 Å². The second-order valence-corrected chi connectivity index (χ2v) is 4.99. The van der Waals surface area contributed by atoms with Gasteiger partial charge in [0.2, 0.25) is 0 Å². The standard InChI is InChI=1S/C17H19N3O/c1-2-21-14-9-7-13(8-10-14)15(18)11-20-12-19-16-5-3-4-6-17(16)20/h3-10,12,15H,2,11,18H2,1H3. The molecule has 1 atom stereocenters. The molecule has 0 fully saturated rings. The SMILES string of the molecule is CCOc1ccc(C(N)Cn2cnc3ccccc32)cc1. The Morgan fingerprint density at radius 3 is 2.67 bits per heavy atom. The highest BCUT2D eigenvalue weighted by atomic mass is 16.5. The van der Waals surface area contributed by atoms with E-state index in [1.165, 1.54) is 0 Å². The Hall–Kier alpha value is -2.33. The summed E-state index contributed by atoms with van der Waals surface area (Å²) in [6, 6.07) is 16.0. The molecule has 21 heavy (non-hydrogen) atoms. The Balaban J connectivity index is 1.77. The van der Waals surface area contributed by atoms with E-state index >= 15 is 0 Å². The van der Waals surface area contributed by atoms with Gasteiger partial charge in [0.05, 0.1) is 24.0 Å². The van der Waals surface area contributed by atoms with E-state index in [9.17, 15) is 0 Å². The maximum atomic E-state index is 6.31. The lowest BCUT2D eigenvalue weighted by molar-refractivity contribution is 0.340. The van der Waals surface area contributed by atoms with Gasteiger partial charge in [0.15, 0.2) is 0 Å². The molecular formula is C17H19N3O. The van der Waals surface area contributed by atoms with Crippen molar-refractivity contribution in [1.82, 2.24) is 9.55 Å². The molecule has 3 rings (SSSR count). The Morgan fingerprint density at radius 2 is 1.90 bits per heavy atom. The fourth-order valence-electron chi connectivity index (χ4n) is 2.45. The van der Waals surface area contributed by atoms with Crippen molar-refractivity contribution in [1.29, 1.82) is 0 Å². The number of nitrogens with zero attached hydrogens (tertiary/aromatic N) is 2. The summed E-state index contributed by atoms with van der Waals surface area (Å²) in [7, 11) is 0. The normalized spacial score (nSPS) is 12.5. The van der Waals surface area contributed by atoms with Crippen LogP contribution in [0, 0.1) is 0 Å². The third-order valence-electron chi connectivity index (χ3n) is 3.54. The van der Waals surface area contributed by atoms with Crippen LogP contribution in [0.2, 0.25) is 0 Å². The number of rotatable bonds is 5. The molecule has 2 N–H and O–H groups in total. The van der Waals surface area contributed by atoms with Gasteiger partial charge >= 0.3 is 0 Å². The lowest BCUT2D eigenvalue weighted by Gasteiger charge is -2.14. The van der Waals surface area contributed by atoms with Gasteiger partial charge in [-0.15, -0.1) is 0 Å². The van der Waals surface area contributed by atoms with Gasteiger partial charge in [0.1, 0.15) is 5.75 Å². The number of ether oxygens (including phenoxy) is 1. The van der Waals surface area contributed by atoms with Gasteiger partial charge in [-0.2, -0.15) is 0 Å². The first-order valence-electron chi connectivity index (χ1n) is 7.16. The Bertz CT molecular complexity index is 718. The highest BCUT2D eigenvalue weighted by Crippen LogP contribution is 2.20. The fraction of sp³-hybridized carbons (Fsp3) is 0.235. The fourth-order valence-corrected chi connectivity index (χ4v) is 2.45. The Kier molecular flexibility index (Phi) is 3.88. The summed E-state index contributed by atoms with van der Waals surface area (Å²) in [5.74, 6) is 0.876. The molecule has 1 aromatic heterocycles. The van der Waals surface area contributed by atoms with Crippen LogP contribution in [0.4, 0.5) is 0 Å². The predicted octanol–water partition coefficient (Wildman–Crippen LogP) is 3.14. The number of hydrogen-bond donors (Lipinski definition) is 1. The first kappa shape index (κ1) is 13.6. The van der Waals surface area contributed by atoms with E-state index in [1.807, 2.05) is 55.7 Å². The van der Waals surface area contributed by atoms with Gasteiger partial charge in [-0.25, -0.2) is 4.98 Å². The Morgan fingerprint density at radius 1 is 1.14 bits per heavy atom. The first-order valence-corrected chi connectivity index (χ1v) is 7.16. The smallest absolute Gasteiger partial charge is 0.119 e. The zero-order valence-electron chi connectivity index (χ0n) is 12.1. The number of fused-ring (bicyclic) bond motifs is 1. The lowest BCUT2D eigenvalue weighted by Crippen LogP contribution is -2.17. The number of nitrogens with two attached hydrogens (primary N) is 1. The molecule has 0 aliphatic rings. The van der Waals surface area contributed by atoms with Gasteiger partial charge in [0, 0.05) is 12.6 Å². The van der Waals surface area contributed by atoms with Crippen molar-refractivity contribution in [3.8, 4) is 5.75 Å². The molecule has 0 saturated heterocycles. The largest absolute Gasteiger partial charge is 0.494 e. The summed E-state index contributed by atoms with van der Waals surface area (Å²) in [4.78, 5) is 4.39. The molecule has 4 nitrogen and oxygen atoms in total. The van der Waals surface area contributed by atoms with Crippen molar-refractivity contribution < 1.29 is 4.74 Å².